The van der Waals surface area contributed by atoms with E-state index in [0.29, 0.717) is 0 Å². The van der Waals surface area contributed by atoms with E-state index in [4.69, 9.17) is 11.0 Å². The maximum Gasteiger partial charge on any atom is 0.222 e. The van der Waals surface area contributed by atoms with Crippen LogP contribution in [-0.2, 0) is 4.79 Å². The number of nitrogens with zero attached hydrogens (tertiary/aromatic N) is 2. The second kappa shape index (κ2) is 3.17. The molecular weight excluding hydrogens is 164 g/mol. The summed E-state index contributed by atoms with van der Waals surface area (Å²) in [6.07, 6.45) is -3.82. The molecule has 0 aromatic carbocycles. The largest absolute Gasteiger partial charge is 0.339 e. The Labute approximate surface area is 88.6 Å². The topological polar surface area (TPSA) is 33.2 Å². The van der Waals surface area contributed by atoms with Gasteiger partial charge in [0.15, 0.2) is 0 Å². The second-order valence-electron chi connectivity index (χ2n) is 2.48. The molecule has 1 saturated heterocycles. The summed E-state index contributed by atoms with van der Waals surface area (Å²) in [5, 5.41) is 0. The van der Waals surface area contributed by atoms with Gasteiger partial charge in [0.25, 0.3) is 0 Å². The molecule has 68 valence electrons. The van der Waals surface area contributed by atoms with Crippen molar-refractivity contribution in [2.24, 2.45) is 0 Å². The fourth-order valence-corrected chi connectivity index (χ4v) is 1.03. The van der Waals surface area contributed by atoms with Gasteiger partial charge in [0.1, 0.15) is 0 Å². The third-order valence-electron chi connectivity index (χ3n) is 1.65. The van der Waals surface area contributed by atoms with Crippen molar-refractivity contribution in [2.45, 2.75) is 18.8 Å². The Kier molecular flexibility index (Phi) is 0.751. The average Bonchev–Trinajstić information content (AvgIpc) is 2.47. The summed E-state index contributed by atoms with van der Waals surface area (Å²) in [6.45, 7) is -3.16. The van der Waals surface area contributed by atoms with E-state index in [9.17, 15) is 4.79 Å². The highest BCUT2D eigenvalue weighted by molar-refractivity contribution is 5.78. The molecule has 2 heterocycles. The maximum atomic E-state index is 12.1. The molecule has 1 amide bonds. The minimum Gasteiger partial charge on any atom is -0.339 e. The van der Waals surface area contributed by atoms with Crippen molar-refractivity contribution >= 4 is 5.91 Å². The third kappa shape index (κ3) is 1.41. The minimum atomic E-state index is -3.16. The van der Waals surface area contributed by atoms with Gasteiger partial charge in [-0.15, -0.1) is 0 Å². The summed E-state index contributed by atoms with van der Waals surface area (Å²) in [6, 6.07) is -0.143. The van der Waals surface area contributed by atoms with Crippen LogP contribution in [0.1, 0.15) is 35.3 Å². The molecule has 0 spiro atoms. The van der Waals surface area contributed by atoms with Gasteiger partial charge in [-0.1, -0.05) is 6.07 Å². The van der Waals surface area contributed by atoms with E-state index in [1.165, 1.54) is 18.3 Å². The number of aromatic nitrogens is 1. The first-order valence-electron chi connectivity index (χ1n) is 7.64. The summed E-state index contributed by atoms with van der Waals surface area (Å²) < 4.78 is 61.5. The molecule has 1 aromatic rings. The molecule has 3 nitrogen and oxygen atoms in total. The molecular formula is C10H12N2O. The summed E-state index contributed by atoms with van der Waals surface area (Å²) in [7, 11) is 0. The first-order valence-corrected chi connectivity index (χ1v) is 3.64. The van der Waals surface area contributed by atoms with Crippen molar-refractivity contribution in [3.63, 3.8) is 0 Å². The van der Waals surface area contributed by atoms with Crippen LogP contribution in [0.4, 0.5) is 0 Å². The predicted octanol–water partition coefficient (Wildman–Crippen LogP) is 1.37. The highest BCUT2D eigenvalue weighted by atomic mass is 16.2. The fourth-order valence-electron chi connectivity index (χ4n) is 1.03. The highest BCUT2D eigenvalue weighted by Crippen LogP contribution is 2.30. The van der Waals surface area contributed by atoms with Gasteiger partial charge in [-0.3, -0.25) is 9.78 Å². The quantitative estimate of drug-likeness (QED) is 0.660. The van der Waals surface area contributed by atoms with Crippen molar-refractivity contribution < 1.29 is 15.8 Å². The van der Waals surface area contributed by atoms with Gasteiger partial charge in [-0.05, 0) is 18.0 Å². The Balaban J connectivity index is 2.78. The number of likely N-dealkylation sites (tertiary alicyclic amines) is 1. The van der Waals surface area contributed by atoms with Crippen LogP contribution in [0.15, 0.2) is 24.5 Å². The lowest BCUT2D eigenvalue weighted by molar-refractivity contribution is -0.127. The van der Waals surface area contributed by atoms with E-state index in [1.807, 2.05) is 0 Å². The van der Waals surface area contributed by atoms with E-state index >= 15 is 0 Å². The molecule has 2 rings (SSSR count). The Hall–Kier alpha value is -1.38. The van der Waals surface area contributed by atoms with E-state index in [2.05, 4.69) is 4.98 Å². The van der Waals surface area contributed by atoms with Crippen molar-refractivity contribution in [3.05, 3.63) is 30.1 Å². The normalized spacial score (nSPS) is 45.8. The van der Waals surface area contributed by atoms with Gasteiger partial charge in [-0.25, -0.2) is 0 Å². The predicted molar refractivity (Wildman–Crippen MR) is 49.0 cm³/mol. The molecule has 1 aromatic heterocycles. The molecule has 0 unspecified atom stereocenters. The maximum absolute atomic E-state index is 12.1. The van der Waals surface area contributed by atoms with Crippen LogP contribution in [0.5, 0.6) is 0 Å². The third-order valence-corrected chi connectivity index (χ3v) is 1.65. The lowest BCUT2D eigenvalue weighted by atomic mass is 10.1. The zero-order valence-electron chi connectivity index (χ0n) is 14.6. The van der Waals surface area contributed by atoms with Gasteiger partial charge in [0.05, 0.1) is 7.39 Å². The molecule has 1 atom stereocenters. The molecule has 0 aliphatic carbocycles. The van der Waals surface area contributed by atoms with Crippen LogP contribution >= 0.6 is 0 Å². The van der Waals surface area contributed by atoms with Crippen LogP contribution < -0.4 is 0 Å². The summed E-state index contributed by atoms with van der Waals surface area (Å²) in [5.41, 5.74) is -0.208. The fraction of sp³-hybridized carbons (Fsp3) is 0.400. The van der Waals surface area contributed by atoms with Crippen LogP contribution in [0.2, 0.25) is 0 Å². The van der Waals surface area contributed by atoms with Gasteiger partial charge in [0.2, 0.25) is 5.91 Å². The summed E-state index contributed by atoms with van der Waals surface area (Å²) in [5.74, 6) is -1.58. The van der Waals surface area contributed by atoms with E-state index < -0.39 is 31.6 Å². The van der Waals surface area contributed by atoms with Gasteiger partial charge < -0.3 is 4.90 Å². The molecule has 13 heavy (non-hydrogen) atoms. The molecule has 0 bridgehead atoms. The Morgan fingerprint density at radius 2 is 2.85 bits per heavy atom. The summed E-state index contributed by atoms with van der Waals surface area (Å²) in [4.78, 5) is 15.8. The summed E-state index contributed by atoms with van der Waals surface area (Å²) >= 11 is 0. The first kappa shape index (κ1) is 3.08. The average molecular weight is 184 g/mol. The van der Waals surface area contributed by atoms with Gasteiger partial charge in [0, 0.05) is 35.3 Å². The van der Waals surface area contributed by atoms with Crippen molar-refractivity contribution in [1.82, 2.24) is 9.88 Å². The van der Waals surface area contributed by atoms with E-state index in [-0.39, 0.29) is 10.5 Å². The van der Waals surface area contributed by atoms with Crippen molar-refractivity contribution in [1.29, 1.82) is 0 Å². The van der Waals surface area contributed by atoms with Crippen LogP contribution in [-0.4, -0.2) is 22.8 Å². The molecule has 0 saturated carbocycles. The number of hydrogen-bond acceptors (Lipinski definition) is 2. The smallest absolute Gasteiger partial charge is 0.222 e. The number of hydrogen-bond donors (Lipinski definition) is 0. The molecule has 3 heteroatoms. The SMILES string of the molecule is [2H]C([2H])([2H])N1C(=O)C([2H])([2H])C([2H])([2H])[C@@]1([2H])c1cccnc1. The number of rotatable bonds is 1. The second-order valence-corrected chi connectivity index (χ2v) is 2.48. The number of pyridine rings is 1. The number of amides is 1. The standard InChI is InChI=1S/C10H12N2O/c1-12-9(4-5-10(12)13)8-3-2-6-11-7-8/h2-3,6-7,9H,4-5H2,1H3/t9-/m0/s1/i1D3,4D2,5D2,9D. The molecule has 0 radical (unpaired) electrons. The lowest BCUT2D eigenvalue weighted by Crippen LogP contribution is -2.22. The monoisotopic (exact) mass is 184 g/mol. The van der Waals surface area contributed by atoms with Crippen LogP contribution in [0, 0.1) is 0 Å². The molecule has 0 N–H and O–H groups in total. The van der Waals surface area contributed by atoms with Crippen LogP contribution in [0.3, 0.4) is 0 Å². The van der Waals surface area contributed by atoms with Gasteiger partial charge in [-0.2, -0.15) is 0 Å². The first-order chi connectivity index (χ1) is 9.38. The number of carbonyl (C=O) groups excluding carboxylic acids is 1. The van der Waals surface area contributed by atoms with Crippen molar-refractivity contribution in [3.8, 4) is 0 Å². The molecule has 1 aliphatic rings. The minimum absolute atomic E-state index is 0.0169. The van der Waals surface area contributed by atoms with E-state index in [1.54, 1.807) is 0 Å². The molecule has 1 fully saturated rings. The van der Waals surface area contributed by atoms with Crippen molar-refractivity contribution in [2.75, 3.05) is 6.98 Å². The lowest BCUT2D eigenvalue weighted by Gasteiger charge is -2.19. The highest BCUT2D eigenvalue weighted by Gasteiger charge is 2.28. The zero-order chi connectivity index (χ0) is 16.3. The Morgan fingerprint density at radius 1 is 1.92 bits per heavy atom. The van der Waals surface area contributed by atoms with E-state index in [0.717, 1.165) is 6.20 Å². The molecule has 1 aliphatic heterocycles. The van der Waals surface area contributed by atoms with Crippen LogP contribution in [0.25, 0.3) is 0 Å². The number of carbonyl (C=O) groups is 1. The Bertz CT molecular complexity index is 572. The Morgan fingerprint density at radius 3 is 3.54 bits per heavy atom. The van der Waals surface area contributed by atoms with Gasteiger partial charge >= 0.3 is 0 Å². The zero-order valence-corrected chi connectivity index (χ0v) is 6.61.